The average Bonchev–Trinajstić information content (AvgIpc) is 3.30. The number of hydrogen-bond donors (Lipinski definition) is 1. The zero-order chi connectivity index (χ0) is 26.2. The van der Waals surface area contributed by atoms with Crippen LogP contribution in [-0.4, -0.2) is 85.0 Å². The average molecular weight is 506 g/mol. The first kappa shape index (κ1) is 25.0. The smallest absolute Gasteiger partial charge is 0.296 e. The maximum Gasteiger partial charge on any atom is 0.296 e. The van der Waals surface area contributed by atoms with Gasteiger partial charge < -0.3 is 24.4 Å². The lowest BCUT2D eigenvalue weighted by Gasteiger charge is -2.36. The highest BCUT2D eigenvalue weighted by Gasteiger charge is 2.66. The van der Waals surface area contributed by atoms with Crippen LogP contribution in [0.3, 0.4) is 0 Å². The molecule has 3 heterocycles. The number of morpholine rings is 1. The molecule has 1 spiro atoms. The van der Waals surface area contributed by atoms with Crippen LogP contribution in [-0.2, 0) is 24.7 Å². The summed E-state index contributed by atoms with van der Waals surface area (Å²) in [5, 5.41) is 11.5. The summed E-state index contributed by atoms with van der Waals surface area (Å²) in [6, 6.07) is 13.8. The molecule has 5 rings (SSSR count). The molecule has 2 fully saturated rings. The van der Waals surface area contributed by atoms with E-state index in [9.17, 15) is 19.5 Å². The van der Waals surface area contributed by atoms with E-state index in [1.165, 1.54) is 4.90 Å². The maximum atomic E-state index is 14.2. The summed E-state index contributed by atoms with van der Waals surface area (Å²) >= 11 is 0. The lowest BCUT2D eigenvalue weighted by atomic mass is 9.82. The molecule has 0 bridgehead atoms. The number of ketones is 1. The monoisotopic (exact) mass is 505 g/mol. The molecule has 1 atom stereocenters. The molecular weight excluding hydrogens is 474 g/mol. The number of aliphatic hydroxyl groups is 1. The van der Waals surface area contributed by atoms with Crippen molar-refractivity contribution in [1.29, 1.82) is 0 Å². The number of benzene rings is 2. The molecule has 0 radical (unpaired) electrons. The first-order valence-corrected chi connectivity index (χ1v) is 12.7. The highest BCUT2D eigenvalue weighted by atomic mass is 16.5. The lowest BCUT2D eigenvalue weighted by molar-refractivity contribution is -0.144. The van der Waals surface area contributed by atoms with Crippen molar-refractivity contribution in [1.82, 2.24) is 9.80 Å². The van der Waals surface area contributed by atoms with Gasteiger partial charge in [-0.15, -0.1) is 0 Å². The number of anilines is 1. The highest BCUT2D eigenvalue weighted by Crippen LogP contribution is 2.53. The van der Waals surface area contributed by atoms with Crippen LogP contribution in [0.15, 0.2) is 54.1 Å². The number of likely N-dealkylation sites (N-methyl/N-ethyl adjacent to an activating group) is 1. The van der Waals surface area contributed by atoms with E-state index in [1.54, 1.807) is 41.3 Å². The van der Waals surface area contributed by atoms with Crippen molar-refractivity contribution in [2.24, 2.45) is 0 Å². The van der Waals surface area contributed by atoms with Gasteiger partial charge in [0.05, 0.1) is 31.1 Å². The van der Waals surface area contributed by atoms with E-state index in [0.717, 1.165) is 0 Å². The summed E-state index contributed by atoms with van der Waals surface area (Å²) in [6.07, 6.45) is 0. The van der Waals surface area contributed by atoms with Gasteiger partial charge in [0.25, 0.3) is 17.6 Å². The maximum absolute atomic E-state index is 14.2. The van der Waals surface area contributed by atoms with Gasteiger partial charge >= 0.3 is 0 Å². The fourth-order valence-electron chi connectivity index (χ4n) is 5.57. The van der Waals surface area contributed by atoms with Gasteiger partial charge in [0.1, 0.15) is 11.5 Å². The molecular formula is C28H31N3O6. The van der Waals surface area contributed by atoms with E-state index >= 15 is 0 Å². The van der Waals surface area contributed by atoms with E-state index in [2.05, 4.69) is 4.90 Å². The van der Waals surface area contributed by atoms with Crippen LogP contribution >= 0.6 is 0 Å². The summed E-state index contributed by atoms with van der Waals surface area (Å²) in [5.74, 6) is -1.84. The first-order chi connectivity index (χ1) is 17.9. The van der Waals surface area contributed by atoms with Crippen molar-refractivity contribution >= 4 is 29.0 Å². The summed E-state index contributed by atoms with van der Waals surface area (Å²) in [7, 11) is 0. The van der Waals surface area contributed by atoms with Gasteiger partial charge in [0, 0.05) is 43.9 Å². The largest absolute Gasteiger partial charge is 0.507 e. The number of rotatable bonds is 7. The predicted octanol–water partition coefficient (Wildman–Crippen LogP) is 2.36. The number of para-hydroxylation sites is 1. The molecule has 0 aromatic heterocycles. The van der Waals surface area contributed by atoms with E-state index < -0.39 is 23.1 Å². The molecule has 0 aliphatic carbocycles. The molecule has 9 heteroatoms. The normalized spacial score (nSPS) is 23.2. The standard InChI is InChI=1S/C28H31N3O6/c1-3-30-22-8-6-5-7-21(22)28(27(30)35)23(24(32)19-9-11-20(12-10-19)37-4-2)25(33)26(34)31(28)14-13-29-15-17-36-18-16-29/h5-12,32H,3-4,13-18H2,1-2H3/b24-23+. The fraction of sp³-hybridized carbons (Fsp3) is 0.393. The van der Waals surface area contributed by atoms with Gasteiger partial charge in [0.15, 0.2) is 5.54 Å². The second-order valence-electron chi connectivity index (χ2n) is 9.20. The Morgan fingerprint density at radius 2 is 1.70 bits per heavy atom. The number of amides is 2. The number of likely N-dealkylation sites (tertiary alicyclic amines) is 1. The van der Waals surface area contributed by atoms with Crippen molar-refractivity contribution in [3.63, 3.8) is 0 Å². The Morgan fingerprint density at radius 3 is 2.38 bits per heavy atom. The number of nitrogens with zero attached hydrogens (tertiary/aromatic N) is 3. The Bertz CT molecular complexity index is 1250. The minimum absolute atomic E-state index is 0.155. The lowest BCUT2D eigenvalue weighted by Crippen LogP contribution is -2.54. The quantitative estimate of drug-likeness (QED) is 0.350. The number of fused-ring (bicyclic) bond motifs is 2. The predicted molar refractivity (Wildman–Crippen MR) is 137 cm³/mol. The second-order valence-corrected chi connectivity index (χ2v) is 9.20. The van der Waals surface area contributed by atoms with Crippen molar-refractivity contribution in [2.75, 3.05) is 57.4 Å². The minimum Gasteiger partial charge on any atom is -0.507 e. The van der Waals surface area contributed by atoms with Gasteiger partial charge in [-0.1, -0.05) is 18.2 Å². The molecule has 0 saturated carbocycles. The zero-order valence-corrected chi connectivity index (χ0v) is 21.1. The van der Waals surface area contributed by atoms with Crippen LogP contribution in [0, 0.1) is 0 Å². The number of carbonyl (C=O) groups excluding carboxylic acids is 3. The fourth-order valence-corrected chi connectivity index (χ4v) is 5.57. The SMILES string of the molecule is CCOc1ccc(/C(O)=C2/C(=O)C(=O)N(CCN3CCOCC3)C23C(=O)N(CC)c2ccccc23)cc1. The van der Waals surface area contributed by atoms with E-state index in [-0.39, 0.29) is 17.9 Å². The molecule has 2 amide bonds. The molecule has 194 valence electrons. The summed E-state index contributed by atoms with van der Waals surface area (Å²) in [6.45, 7) is 7.77. The van der Waals surface area contributed by atoms with Crippen molar-refractivity contribution in [3.05, 3.63) is 65.2 Å². The second kappa shape index (κ2) is 9.99. The number of ether oxygens (including phenoxy) is 2. The Morgan fingerprint density at radius 1 is 1.00 bits per heavy atom. The van der Waals surface area contributed by atoms with Gasteiger partial charge in [-0.2, -0.15) is 0 Å². The van der Waals surface area contributed by atoms with Crippen LogP contribution in [0.4, 0.5) is 5.69 Å². The number of aliphatic hydroxyl groups excluding tert-OH is 1. The highest BCUT2D eigenvalue weighted by molar-refractivity contribution is 6.50. The van der Waals surface area contributed by atoms with Crippen LogP contribution in [0.25, 0.3) is 5.76 Å². The third-order valence-corrected chi connectivity index (χ3v) is 7.31. The molecule has 37 heavy (non-hydrogen) atoms. The topological polar surface area (TPSA) is 99.6 Å². The molecule has 2 aromatic carbocycles. The van der Waals surface area contributed by atoms with E-state index in [1.807, 2.05) is 26.0 Å². The van der Waals surface area contributed by atoms with Crippen LogP contribution in [0.1, 0.15) is 25.0 Å². The minimum atomic E-state index is -1.74. The van der Waals surface area contributed by atoms with Crippen molar-refractivity contribution < 1.29 is 29.0 Å². The van der Waals surface area contributed by atoms with E-state index in [0.29, 0.717) is 68.6 Å². The summed E-state index contributed by atoms with van der Waals surface area (Å²) in [5.41, 5.74) is -0.455. The first-order valence-electron chi connectivity index (χ1n) is 12.7. The van der Waals surface area contributed by atoms with Gasteiger partial charge in [0.2, 0.25) is 0 Å². The van der Waals surface area contributed by atoms with Crippen LogP contribution in [0.5, 0.6) is 5.75 Å². The Hall–Kier alpha value is -3.69. The van der Waals surface area contributed by atoms with Crippen LogP contribution in [0.2, 0.25) is 0 Å². The summed E-state index contributed by atoms with van der Waals surface area (Å²) < 4.78 is 10.9. The molecule has 2 aromatic rings. The zero-order valence-electron chi connectivity index (χ0n) is 21.1. The molecule has 3 aliphatic rings. The molecule has 9 nitrogen and oxygen atoms in total. The number of Topliss-reactive ketones (excluding diaryl/α,β-unsaturated/α-hetero) is 1. The Labute approximate surface area is 215 Å². The summed E-state index contributed by atoms with van der Waals surface area (Å²) in [4.78, 5) is 46.5. The van der Waals surface area contributed by atoms with Gasteiger partial charge in [-0.25, -0.2) is 0 Å². The third kappa shape index (κ3) is 3.89. The van der Waals surface area contributed by atoms with Gasteiger partial charge in [-0.3, -0.25) is 19.3 Å². The van der Waals surface area contributed by atoms with Crippen LogP contribution < -0.4 is 9.64 Å². The molecule has 1 N–H and O–H groups in total. The van der Waals surface area contributed by atoms with Crippen molar-refractivity contribution in [3.8, 4) is 5.75 Å². The van der Waals surface area contributed by atoms with Crippen molar-refractivity contribution in [2.45, 2.75) is 19.4 Å². The molecule has 2 saturated heterocycles. The third-order valence-electron chi connectivity index (χ3n) is 7.31. The Kier molecular flexibility index (Phi) is 6.74. The molecule has 3 aliphatic heterocycles. The molecule has 1 unspecified atom stereocenters. The Balaban J connectivity index is 1.67. The number of carbonyl (C=O) groups is 3. The van der Waals surface area contributed by atoms with Gasteiger partial charge in [-0.05, 0) is 44.2 Å². The number of hydrogen-bond acceptors (Lipinski definition) is 7. The van der Waals surface area contributed by atoms with E-state index in [4.69, 9.17) is 9.47 Å².